The van der Waals surface area contributed by atoms with Crippen LogP contribution in [0.3, 0.4) is 0 Å². The summed E-state index contributed by atoms with van der Waals surface area (Å²) in [5.41, 5.74) is 3.65. The molecule has 6 heteroatoms. The first kappa shape index (κ1) is 21.4. The highest BCUT2D eigenvalue weighted by atomic mass is 35.5. The average molecular weight is 435 g/mol. The Morgan fingerprint density at radius 1 is 0.903 bits per heavy atom. The summed E-state index contributed by atoms with van der Waals surface area (Å²) in [5.74, 6) is 6.96. The Hall–Kier alpha value is -2.88. The van der Waals surface area contributed by atoms with Gasteiger partial charge in [-0.3, -0.25) is 4.90 Å². The first-order chi connectivity index (χ1) is 15.1. The molecule has 31 heavy (non-hydrogen) atoms. The maximum Gasteiger partial charge on any atom is 0.119 e. The zero-order valence-corrected chi connectivity index (χ0v) is 17.7. The zero-order valence-electron chi connectivity index (χ0n) is 16.9. The lowest BCUT2D eigenvalue weighted by Crippen LogP contribution is -2.27. The predicted molar refractivity (Wildman–Crippen MR) is 121 cm³/mol. The van der Waals surface area contributed by atoms with E-state index in [1.807, 2.05) is 71.8 Å². The van der Waals surface area contributed by atoms with Gasteiger partial charge >= 0.3 is 0 Å². The Labute approximate surface area is 186 Å². The van der Waals surface area contributed by atoms with E-state index in [2.05, 4.69) is 16.8 Å². The van der Waals surface area contributed by atoms with Crippen LogP contribution in [-0.4, -0.2) is 58.5 Å². The molecule has 0 radical (unpaired) electrons. The maximum absolute atomic E-state index is 9.57. The van der Waals surface area contributed by atoms with Crippen LogP contribution in [0.4, 0.5) is 0 Å². The lowest BCUT2D eigenvalue weighted by Gasteiger charge is -2.15. The van der Waals surface area contributed by atoms with Crippen molar-refractivity contribution in [2.45, 2.75) is 12.2 Å². The van der Waals surface area contributed by atoms with E-state index in [0.29, 0.717) is 37.0 Å². The highest BCUT2D eigenvalue weighted by Crippen LogP contribution is 2.20. The van der Waals surface area contributed by atoms with Crippen molar-refractivity contribution in [1.29, 1.82) is 0 Å². The summed E-state index contributed by atoms with van der Waals surface area (Å²) in [5, 5.41) is 19.8. The van der Waals surface area contributed by atoms with E-state index >= 15 is 0 Å². The van der Waals surface area contributed by atoms with Crippen LogP contribution in [0, 0.1) is 11.8 Å². The highest BCUT2D eigenvalue weighted by molar-refractivity contribution is 6.30. The Bertz CT molecular complexity index is 1050. The molecule has 1 aliphatic rings. The number of likely N-dealkylation sites (tertiary alicyclic amines) is 1. The molecular formula is C25H23ClN2O3. The monoisotopic (exact) mass is 434 g/mol. The second kappa shape index (κ2) is 9.95. The van der Waals surface area contributed by atoms with E-state index in [0.717, 1.165) is 22.4 Å². The van der Waals surface area contributed by atoms with E-state index in [9.17, 15) is 10.2 Å². The molecule has 1 aromatic heterocycles. The molecule has 1 aliphatic heterocycles. The number of pyridine rings is 1. The molecule has 1 fully saturated rings. The van der Waals surface area contributed by atoms with Gasteiger partial charge in [-0.25, -0.2) is 4.98 Å². The van der Waals surface area contributed by atoms with E-state index in [1.54, 1.807) is 0 Å². The van der Waals surface area contributed by atoms with Crippen molar-refractivity contribution in [3.05, 3.63) is 83.1 Å². The molecule has 2 heterocycles. The predicted octanol–water partition coefficient (Wildman–Crippen LogP) is 3.22. The number of hydrogen-bond acceptors (Lipinski definition) is 5. The van der Waals surface area contributed by atoms with E-state index < -0.39 is 12.2 Å². The Morgan fingerprint density at radius 3 is 2.23 bits per heavy atom. The van der Waals surface area contributed by atoms with Crippen molar-refractivity contribution in [2.75, 3.05) is 26.2 Å². The minimum absolute atomic E-state index is 0.480. The SMILES string of the molecule is O[C@@H]1CN(CCOc2ccc(C#Cc3ccc(-c4ccc(Cl)cc4)cn3)cc2)C[C@H]1O. The number of rotatable bonds is 5. The molecule has 0 unspecified atom stereocenters. The third-order valence-corrected chi connectivity index (χ3v) is 5.39. The van der Waals surface area contributed by atoms with Crippen molar-refractivity contribution in [1.82, 2.24) is 9.88 Å². The van der Waals surface area contributed by atoms with Crippen LogP contribution >= 0.6 is 11.6 Å². The minimum atomic E-state index is -0.666. The van der Waals surface area contributed by atoms with Gasteiger partial charge in [0.05, 0.1) is 12.2 Å². The van der Waals surface area contributed by atoms with Gasteiger partial charge in [0.25, 0.3) is 0 Å². The average Bonchev–Trinajstić information content (AvgIpc) is 3.11. The number of halogens is 1. The van der Waals surface area contributed by atoms with Gasteiger partial charge in [-0.15, -0.1) is 0 Å². The third-order valence-electron chi connectivity index (χ3n) is 5.14. The molecule has 0 bridgehead atoms. The molecule has 5 nitrogen and oxygen atoms in total. The van der Waals surface area contributed by atoms with Crippen LogP contribution in [0.1, 0.15) is 11.3 Å². The molecule has 0 amide bonds. The van der Waals surface area contributed by atoms with Gasteiger partial charge in [-0.1, -0.05) is 35.7 Å². The first-order valence-corrected chi connectivity index (χ1v) is 10.5. The molecule has 4 rings (SSSR count). The first-order valence-electron chi connectivity index (χ1n) is 10.1. The fourth-order valence-electron chi connectivity index (χ4n) is 3.37. The van der Waals surface area contributed by atoms with E-state index in [-0.39, 0.29) is 0 Å². The van der Waals surface area contributed by atoms with Gasteiger partial charge < -0.3 is 14.9 Å². The molecule has 158 valence electrons. The number of benzene rings is 2. The summed E-state index contributed by atoms with van der Waals surface area (Å²) in [6.45, 7) is 2.11. The van der Waals surface area contributed by atoms with Crippen molar-refractivity contribution in [3.8, 4) is 28.7 Å². The van der Waals surface area contributed by atoms with E-state index in [4.69, 9.17) is 16.3 Å². The van der Waals surface area contributed by atoms with Crippen LogP contribution in [0.15, 0.2) is 66.9 Å². The van der Waals surface area contributed by atoms with Gasteiger partial charge in [0.2, 0.25) is 0 Å². The molecule has 3 aromatic rings. The quantitative estimate of drug-likeness (QED) is 0.604. The topological polar surface area (TPSA) is 65.8 Å². The standard InChI is InChI=1S/C25H23ClN2O3/c26-21-7-4-19(5-8-21)20-6-10-22(27-15-20)9-1-18-2-11-23(12-3-18)31-14-13-28-16-24(29)25(30)17-28/h2-8,10-12,15,24-25,29-30H,13-14,16-17H2/t24-,25-/m1/s1. The van der Waals surface area contributed by atoms with Crippen LogP contribution < -0.4 is 4.74 Å². The van der Waals surface area contributed by atoms with Crippen molar-refractivity contribution in [2.24, 2.45) is 0 Å². The Kier molecular flexibility index (Phi) is 6.86. The number of ether oxygens (including phenoxy) is 1. The van der Waals surface area contributed by atoms with Gasteiger partial charge in [0, 0.05) is 42.0 Å². The fourth-order valence-corrected chi connectivity index (χ4v) is 3.50. The zero-order chi connectivity index (χ0) is 21.6. The third kappa shape index (κ3) is 5.84. The minimum Gasteiger partial charge on any atom is -0.492 e. The highest BCUT2D eigenvalue weighted by Gasteiger charge is 2.28. The maximum atomic E-state index is 9.57. The smallest absolute Gasteiger partial charge is 0.119 e. The number of β-amino-alcohol motifs (C(OH)–C–C–N with tert-alkyl or cyclic N) is 2. The Morgan fingerprint density at radius 2 is 1.58 bits per heavy atom. The number of hydrogen-bond donors (Lipinski definition) is 2. The summed E-state index contributed by atoms with van der Waals surface area (Å²) < 4.78 is 5.75. The van der Waals surface area contributed by atoms with Gasteiger partial charge in [0.15, 0.2) is 0 Å². The summed E-state index contributed by atoms with van der Waals surface area (Å²) in [7, 11) is 0. The second-order valence-corrected chi connectivity index (χ2v) is 7.89. The van der Waals surface area contributed by atoms with Crippen molar-refractivity contribution >= 4 is 11.6 Å². The van der Waals surface area contributed by atoms with Crippen LogP contribution in [0.25, 0.3) is 11.1 Å². The largest absolute Gasteiger partial charge is 0.492 e. The number of aliphatic hydroxyl groups is 2. The second-order valence-electron chi connectivity index (χ2n) is 7.46. The molecule has 0 spiro atoms. The molecular weight excluding hydrogens is 412 g/mol. The molecule has 0 saturated carbocycles. The normalized spacial score (nSPS) is 18.4. The fraction of sp³-hybridized carbons (Fsp3) is 0.240. The van der Waals surface area contributed by atoms with Crippen molar-refractivity contribution < 1.29 is 14.9 Å². The van der Waals surface area contributed by atoms with Gasteiger partial charge in [-0.2, -0.15) is 0 Å². The summed E-state index contributed by atoms with van der Waals surface area (Å²) in [6, 6.07) is 19.1. The molecule has 2 aromatic carbocycles. The number of aliphatic hydroxyl groups excluding tert-OH is 2. The lowest BCUT2D eigenvalue weighted by molar-refractivity contribution is 0.0572. The number of nitrogens with zero attached hydrogens (tertiary/aromatic N) is 2. The molecule has 2 atom stereocenters. The molecule has 2 N–H and O–H groups in total. The Balaban J connectivity index is 1.29. The van der Waals surface area contributed by atoms with Gasteiger partial charge in [0.1, 0.15) is 18.1 Å². The van der Waals surface area contributed by atoms with E-state index in [1.165, 1.54) is 0 Å². The summed E-state index contributed by atoms with van der Waals surface area (Å²) in [4.78, 5) is 6.41. The van der Waals surface area contributed by atoms with Gasteiger partial charge in [-0.05, 0) is 53.9 Å². The molecule has 0 aliphatic carbocycles. The summed E-state index contributed by atoms with van der Waals surface area (Å²) >= 11 is 5.93. The van der Waals surface area contributed by atoms with Crippen LogP contribution in [0.5, 0.6) is 5.75 Å². The van der Waals surface area contributed by atoms with Crippen LogP contribution in [-0.2, 0) is 0 Å². The van der Waals surface area contributed by atoms with Crippen molar-refractivity contribution in [3.63, 3.8) is 0 Å². The van der Waals surface area contributed by atoms with Crippen LogP contribution in [0.2, 0.25) is 5.02 Å². The lowest BCUT2D eigenvalue weighted by atomic mass is 10.1. The molecule has 1 saturated heterocycles. The summed E-state index contributed by atoms with van der Waals surface area (Å²) in [6.07, 6.45) is 0.477. The number of aromatic nitrogens is 1.